The lowest BCUT2D eigenvalue weighted by molar-refractivity contribution is 0.278. The summed E-state index contributed by atoms with van der Waals surface area (Å²) in [5.74, 6) is -0.307. The van der Waals surface area contributed by atoms with Crippen molar-refractivity contribution in [3.8, 4) is 11.3 Å². The van der Waals surface area contributed by atoms with E-state index < -0.39 is 0 Å². The largest absolute Gasteiger partial charge is 0.391 e. The third-order valence-electron chi connectivity index (χ3n) is 3.54. The molecular formula is C16H18FNO2. The lowest BCUT2D eigenvalue weighted by Crippen LogP contribution is -2.27. The standard InChI is InChI=1S/C16H18FNO2/c1-3-11(2)18-15(9-6-13(10-19)16(18)20)12-4-7-14(17)8-5-12/h4-9,11,19H,3,10H2,1-2H3. The summed E-state index contributed by atoms with van der Waals surface area (Å²) >= 11 is 0. The summed E-state index contributed by atoms with van der Waals surface area (Å²) in [5.41, 5.74) is 1.70. The van der Waals surface area contributed by atoms with Gasteiger partial charge in [0.2, 0.25) is 0 Å². The van der Waals surface area contributed by atoms with Crippen molar-refractivity contribution in [1.82, 2.24) is 4.57 Å². The highest BCUT2D eigenvalue weighted by atomic mass is 19.1. The molecule has 0 saturated carbocycles. The van der Waals surface area contributed by atoms with Gasteiger partial charge in [-0.1, -0.05) is 6.92 Å². The highest BCUT2D eigenvalue weighted by Gasteiger charge is 2.14. The van der Waals surface area contributed by atoms with E-state index >= 15 is 0 Å². The molecule has 0 bridgehead atoms. The molecule has 0 aliphatic rings. The van der Waals surface area contributed by atoms with Gasteiger partial charge < -0.3 is 9.67 Å². The number of aliphatic hydroxyl groups is 1. The van der Waals surface area contributed by atoms with E-state index in [2.05, 4.69) is 0 Å². The second kappa shape index (κ2) is 6.01. The number of aromatic nitrogens is 1. The van der Waals surface area contributed by atoms with Crippen LogP contribution in [0, 0.1) is 5.82 Å². The van der Waals surface area contributed by atoms with Crippen LogP contribution in [0.4, 0.5) is 4.39 Å². The van der Waals surface area contributed by atoms with Gasteiger partial charge in [-0.3, -0.25) is 4.79 Å². The summed E-state index contributed by atoms with van der Waals surface area (Å²) in [6.07, 6.45) is 0.795. The van der Waals surface area contributed by atoms with Gasteiger partial charge in [-0.05, 0) is 55.3 Å². The first-order chi connectivity index (χ1) is 9.58. The van der Waals surface area contributed by atoms with Crippen LogP contribution in [0.2, 0.25) is 0 Å². The van der Waals surface area contributed by atoms with E-state index in [4.69, 9.17) is 0 Å². The average molecular weight is 275 g/mol. The predicted molar refractivity (Wildman–Crippen MR) is 77.0 cm³/mol. The Bertz CT molecular complexity index is 647. The average Bonchev–Trinajstić information content (AvgIpc) is 2.47. The van der Waals surface area contributed by atoms with Crippen molar-refractivity contribution in [2.75, 3.05) is 0 Å². The Morgan fingerprint density at radius 1 is 1.20 bits per heavy atom. The first-order valence-corrected chi connectivity index (χ1v) is 6.69. The van der Waals surface area contributed by atoms with E-state index in [1.165, 1.54) is 12.1 Å². The van der Waals surface area contributed by atoms with Gasteiger partial charge >= 0.3 is 0 Å². The fourth-order valence-corrected chi connectivity index (χ4v) is 2.19. The Morgan fingerprint density at radius 2 is 1.85 bits per heavy atom. The molecule has 106 valence electrons. The lowest BCUT2D eigenvalue weighted by Gasteiger charge is -2.19. The number of halogens is 1. The van der Waals surface area contributed by atoms with Gasteiger partial charge in [-0.2, -0.15) is 0 Å². The molecule has 1 aromatic heterocycles. The van der Waals surface area contributed by atoms with Crippen LogP contribution in [-0.4, -0.2) is 9.67 Å². The summed E-state index contributed by atoms with van der Waals surface area (Å²) < 4.78 is 14.7. The maximum Gasteiger partial charge on any atom is 0.256 e. The van der Waals surface area contributed by atoms with Crippen LogP contribution < -0.4 is 5.56 Å². The van der Waals surface area contributed by atoms with Crippen molar-refractivity contribution in [3.63, 3.8) is 0 Å². The lowest BCUT2D eigenvalue weighted by atomic mass is 10.1. The molecule has 0 fully saturated rings. The van der Waals surface area contributed by atoms with E-state index in [-0.39, 0.29) is 24.0 Å². The zero-order valence-electron chi connectivity index (χ0n) is 11.6. The van der Waals surface area contributed by atoms with E-state index in [1.54, 1.807) is 28.8 Å². The molecule has 20 heavy (non-hydrogen) atoms. The second-order valence-electron chi connectivity index (χ2n) is 4.84. The number of hydrogen-bond donors (Lipinski definition) is 1. The third kappa shape index (κ3) is 2.65. The van der Waals surface area contributed by atoms with Crippen molar-refractivity contribution in [3.05, 3.63) is 58.1 Å². The molecule has 0 amide bonds. The highest BCUT2D eigenvalue weighted by Crippen LogP contribution is 2.23. The van der Waals surface area contributed by atoms with Crippen molar-refractivity contribution in [1.29, 1.82) is 0 Å². The minimum absolute atomic E-state index is 0.00838. The van der Waals surface area contributed by atoms with Gasteiger partial charge in [0.05, 0.1) is 12.3 Å². The number of pyridine rings is 1. The van der Waals surface area contributed by atoms with Gasteiger partial charge in [0.1, 0.15) is 5.82 Å². The highest BCUT2D eigenvalue weighted by molar-refractivity contribution is 5.60. The smallest absolute Gasteiger partial charge is 0.256 e. The number of benzene rings is 1. The molecule has 0 spiro atoms. The fraction of sp³-hybridized carbons (Fsp3) is 0.312. The Hall–Kier alpha value is -1.94. The van der Waals surface area contributed by atoms with E-state index in [9.17, 15) is 14.3 Å². The maximum atomic E-state index is 13.0. The van der Waals surface area contributed by atoms with Gasteiger partial charge in [0.15, 0.2) is 0 Å². The predicted octanol–water partition coefficient (Wildman–Crippen LogP) is 3.12. The normalized spacial score (nSPS) is 12.4. The minimum Gasteiger partial charge on any atom is -0.391 e. The molecule has 1 unspecified atom stereocenters. The van der Waals surface area contributed by atoms with Crippen molar-refractivity contribution < 1.29 is 9.50 Å². The van der Waals surface area contributed by atoms with E-state index in [0.29, 0.717) is 5.56 Å². The summed E-state index contributed by atoms with van der Waals surface area (Å²) in [7, 11) is 0. The SMILES string of the molecule is CCC(C)n1c(-c2ccc(F)cc2)ccc(CO)c1=O. The monoisotopic (exact) mass is 275 g/mol. The zero-order chi connectivity index (χ0) is 14.7. The van der Waals surface area contributed by atoms with Crippen LogP contribution in [0.5, 0.6) is 0 Å². The molecule has 0 radical (unpaired) electrons. The van der Waals surface area contributed by atoms with Gasteiger partial charge in [0.25, 0.3) is 5.56 Å². The fourth-order valence-electron chi connectivity index (χ4n) is 2.19. The van der Waals surface area contributed by atoms with Crippen LogP contribution >= 0.6 is 0 Å². The summed E-state index contributed by atoms with van der Waals surface area (Å²) in [4.78, 5) is 12.4. The van der Waals surface area contributed by atoms with E-state index in [1.807, 2.05) is 13.8 Å². The topological polar surface area (TPSA) is 42.2 Å². The van der Waals surface area contributed by atoms with Crippen LogP contribution in [-0.2, 0) is 6.61 Å². The number of aliphatic hydroxyl groups excluding tert-OH is 1. The van der Waals surface area contributed by atoms with Gasteiger partial charge in [-0.25, -0.2) is 4.39 Å². The molecule has 4 heteroatoms. The summed E-state index contributed by atoms with van der Waals surface area (Å²) in [5, 5.41) is 9.23. The second-order valence-corrected chi connectivity index (χ2v) is 4.84. The first-order valence-electron chi connectivity index (χ1n) is 6.69. The van der Waals surface area contributed by atoms with Crippen LogP contribution in [0.25, 0.3) is 11.3 Å². The van der Waals surface area contributed by atoms with Crippen LogP contribution in [0.3, 0.4) is 0 Å². The molecule has 1 N–H and O–H groups in total. The molecule has 3 nitrogen and oxygen atoms in total. The molecular weight excluding hydrogens is 257 g/mol. The molecule has 2 rings (SSSR count). The Balaban J connectivity index is 2.66. The molecule has 1 heterocycles. The number of hydrogen-bond acceptors (Lipinski definition) is 2. The number of nitrogens with zero attached hydrogens (tertiary/aromatic N) is 1. The minimum atomic E-state index is -0.307. The molecule has 1 aromatic carbocycles. The van der Waals surface area contributed by atoms with Crippen molar-refractivity contribution in [2.45, 2.75) is 32.9 Å². The molecule has 0 aliphatic carbocycles. The quantitative estimate of drug-likeness (QED) is 0.931. The first kappa shape index (κ1) is 14.5. The summed E-state index contributed by atoms with van der Waals surface area (Å²) in [6.45, 7) is 3.67. The van der Waals surface area contributed by atoms with Crippen molar-refractivity contribution >= 4 is 0 Å². The third-order valence-corrected chi connectivity index (χ3v) is 3.54. The Morgan fingerprint density at radius 3 is 2.40 bits per heavy atom. The molecule has 0 saturated heterocycles. The van der Waals surface area contributed by atoms with Crippen molar-refractivity contribution in [2.24, 2.45) is 0 Å². The van der Waals surface area contributed by atoms with Crippen LogP contribution in [0.1, 0.15) is 31.9 Å². The number of rotatable bonds is 4. The molecule has 1 atom stereocenters. The van der Waals surface area contributed by atoms with Gasteiger partial charge in [-0.15, -0.1) is 0 Å². The Labute approximate surface area is 117 Å². The zero-order valence-corrected chi connectivity index (χ0v) is 11.6. The van der Waals surface area contributed by atoms with Crippen LogP contribution in [0.15, 0.2) is 41.2 Å². The Kier molecular flexibility index (Phi) is 4.35. The molecule has 0 aliphatic heterocycles. The molecule has 2 aromatic rings. The van der Waals surface area contributed by atoms with Gasteiger partial charge in [0, 0.05) is 11.6 Å². The van der Waals surface area contributed by atoms with E-state index in [0.717, 1.165) is 17.7 Å². The summed E-state index contributed by atoms with van der Waals surface area (Å²) in [6, 6.07) is 9.49. The maximum absolute atomic E-state index is 13.0.